The van der Waals surface area contributed by atoms with Crippen LogP contribution in [0.25, 0.3) is 0 Å². The van der Waals surface area contributed by atoms with Crippen LogP contribution in [0.4, 0.5) is 0 Å². The van der Waals surface area contributed by atoms with Crippen molar-refractivity contribution in [3.63, 3.8) is 0 Å². The molecule has 2 heteroatoms. The summed E-state index contributed by atoms with van der Waals surface area (Å²) in [5.74, 6) is 0. The summed E-state index contributed by atoms with van der Waals surface area (Å²) in [7, 11) is 2.21. The van der Waals surface area contributed by atoms with E-state index in [2.05, 4.69) is 32.7 Å². The van der Waals surface area contributed by atoms with Crippen LogP contribution in [0.3, 0.4) is 0 Å². The second kappa shape index (κ2) is 5.13. The van der Waals surface area contributed by atoms with Crippen molar-refractivity contribution in [2.75, 3.05) is 26.7 Å². The predicted molar refractivity (Wildman–Crippen MR) is 60.5 cm³/mol. The summed E-state index contributed by atoms with van der Waals surface area (Å²) in [6.45, 7) is 9.96. The van der Waals surface area contributed by atoms with Crippen LogP contribution in [0.2, 0.25) is 0 Å². The number of nitrogens with zero attached hydrogens (tertiary/aromatic N) is 1. The summed E-state index contributed by atoms with van der Waals surface area (Å²) in [4.78, 5) is 2.42. The van der Waals surface area contributed by atoms with E-state index < -0.39 is 0 Å². The van der Waals surface area contributed by atoms with Crippen LogP contribution in [0.1, 0.15) is 40.0 Å². The summed E-state index contributed by atoms with van der Waals surface area (Å²) in [5, 5.41) is 0. The van der Waals surface area contributed by atoms with Gasteiger partial charge in [0.05, 0.1) is 12.7 Å². The molecule has 0 aromatic carbocycles. The normalized spacial score (nSPS) is 22.9. The minimum absolute atomic E-state index is 0.373. The maximum atomic E-state index is 5.79. The van der Waals surface area contributed by atoms with E-state index in [1.807, 2.05) is 0 Å². The van der Waals surface area contributed by atoms with Gasteiger partial charge in [-0.3, -0.25) is 0 Å². The largest absolute Gasteiger partial charge is 0.378 e. The monoisotopic (exact) mass is 199 g/mol. The zero-order chi connectivity index (χ0) is 10.6. The van der Waals surface area contributed by atoms with Gasteiger partial charge in [-0.05, 0) is 58.7 Å². The van der Waals surface area contributed by atoms with Crippen molar-refractivity contribution in [3.05, 3.63) is 0 Å². The van der Waals surface area contributed by atoms with E-state index in [1.54, 1.807) is 0 Å². The highest BCUT2D eigenvalue weighted by molar-refractivity contribution is 4.84. The van der Waals surface area contributed by atoms with Gasteiger partial charge in [0.1, 0.15) is 0 Å². The summed E-state index contributed by atoms with van der Waals surface area (Å²) in [5.41, 5.74) is 0.469. The van der Waals surface area contributed by atoms with Gasteiger partial charge in [0.15, 0.2) is 0 Å². The molecule has 0 spiro atoms. The molecule has 2 nitrogen and oxygen atoms in total. The van der Waals surface area contributed by atoms with Gasteiger partial charge in [0.25, 0.3) is 0 Å². The summed E-state index contributed by atoms with van der Waals surface area (Å²) < 4.78 is 5.79. The van der Waals surface area contributed by atoms with E-state index in [0.717, 1.165) is 6.61 Å². The van der Waals surface area contributed by atoms with Crippen LogP contribution in [-0.2, 0) is 4.74 Å². The molecular weight excluding hydrogens is 174 g/mol. The fourth-order valence-corrected chi connectivity index (χ4v) is 2.04. The number of hydrogen-bond acceptors (Lipinski definition) is 2. The van der Waals surface area contributed by atoms with E-state index in [0.29, 0.717) is 11.5 Å². The fraction of sp³-hybridized carbons (Fsp3) is 1.00. The van der Waals surface area contributed by atoms with Gasteiger partial charge in [-0.25, -0.2) is 0 Å². The SMILES string of the molecule is CCC1(COC(C)C)CCN(C)CC1. The molecule has 1 aliphatic rings. The van der Waals surface area contributed by atoms with Crippen molar-refractivity contribution in [2.24, 2.45) is 5.41 Å². The number of likely N-dealkylation sites (tertiary alicyclic amines) is 1. The quantitative estimate of drug-likeness (QED) is 0.690. The third-order valence-corrected chi connectivity index (χ3v) is 3.52. The molecule has 0 saturated carbocycles. The Morgan fingerprint density at radius 1 is 1.29 bits per heavy atom. The topological polar surface area (TPSA) is 12.5 Å². The molecule has 0 aromatic heterocycles. The highest BCUT2D eigenvalue weighted by Gasteiger charge is 2.32. The maximum Gasteiger partial charge on any atom is 0.0526 e. The lowest BCUT2D eigenvalue weighted by atomic mass is 9.77. The summed E-state index contributed by atoms with van der Waals surface area (Å²) >= 11 is 0. The molecule has 1 rings (SSSR count). The van der Waals surface area contributed by atoms with Gasteiger partial charge < -0.3 is 9.64 Å². The number of piperidine rings is 1. The Morgan fingerprint density at radius 2 is 1.86 bits per heavy atom. The number of ether oxygens (including phenoxy) is 1. The first-order valence-corrected chi connectivity index (χ1v) is 5.88. The van der Waals surface area contributed by atoms with Crippen molar-refractivity contribution < 1.29 is 4.74 Å². The van der Waals surface area contributed by atoms with Crippen molar-refractivity contribution >= 4 is 0 Å². The molecule has 0 atom stereocenters. The van der Waals surface area contributed by atoms with Crippen LogP contribution in [0.15, 0.2) is 0 Å². The highest BCUT2D eigenvalue weighted by Crippen LogP contribution is 2.34. The number of hydrogen-bond donors (Lipinski definition) is 0. The zero-order valence-electron chi connectivity index (χ0n) is 10.2. The Labute approximate surface area is 88.6 Å². The lowest BCUT2D eigenvalue weighted by Crippen LogP contribution is -2.40. The van der Waals surface area contributed by atoms with Gasteiger partial charge in [-0.15, -0.1) is 0 Å². The predicted octanol–water partition coefficient (Wildman–Crippen LogP) is 2.53. The minimum Gasteiger partial charge on any atom is -0.378 e. The van der Waals surface area contributed by atoms with E-state index in [9.17, 15) is 0 Å². The highest BCUT2D eigenvalue weighted by atomic mass is 16.5. The molecule has 0 radical (unpaired) electrons. The number of rotatable bonds is 4. The van der Waals surface area contributed by atoms with Crippen LogP contribution in [0.5, 0.6) is 0 Å². The fourth-order valence-electron chi connectivity index (χ4n) is 2.04. The van der Waals surface area contributed by atoms with Crippen LogP contribution < -0.4 is 0 Å². The van der Waals surface area contributed by atoms with Crippen LogP contribution in [-0.4, -0.2) is 37.7 Å². The van der Waals surface area contributed by atoms with Crippen molar-refractivity contribution in [1.82, 2.24) is 4.90 Å². The minimum atomic E-state index is 0.373. The maximum absolute atomic E-state index is 5.79. The zero-order valence-corrected chi connectivity index (χ0v) is 10.2. The molecule has 0 bridgehead atoms. The smallest absolute Gasteiger partial charge is 0.0526 e. The van der Waals surface area contributed by atoms with Crippen LogP contribution >= 0.6 is 0 Å². The van der Waals surface area contributed by atoms with E-state index in [-0.39, 0.29) is 0 Å². The van der Waals surface area contributed by atoms with Crippen LogP contribution in [0, 0.1) is 5.41 Å². The molecule has 1 saturated heterocycles. The molecule has 1 aliphatic heterocycles. The Morgan fingerprint density at radius 3 is 2.29 bits per heavy atom. The van der Waals surface area contributed by atoms with Gasteiger partial charge >= 0.3 is 0 Å². The molecular formula is C12H25NO. The average Bonchev–Trinajstić information content (AvgIpc) is 2.18. The molecule has 0 N–H and O–H groups in total. The van der Waals surface area contributed by atoms with E-state index in [1.165, 1.54) is 32.4 Å². The average molecular weight is 199 g/mol. The first-order valence-electron chi connectivity index (χ1n) is 5.88. The Kier molecular flexibility index (Phi) is 4.39. The third kappa shape index (κ3) is 3.25. The molecule has 1 fully saturated rings. The van der Waals surface area contributed by atoms with Gasteiger partial charge in [-0.2, -0.15) is 0 Å². The van der Waals surface area contributed by atoms with Crippen molar-refractivity contribution in [3.8, 4) is 0 Å². The standard InChI is InChI=1S/C12H25NO/c1-5-12(10-14-11(2)3)6-8-13(4)9-7-12/h11H,5-10H2,1-4H3. The van der Waals surface area contributed by atoms with E-state index in [4.69, 9.17) is 4.74 Å². The lowest BCUT2D eigenvalue weighted by Gasteiger charge is -2.40. The first kappa shape index (κ1) is 12.0. The van der Waals surface area contributed by atoms with Crippen molar-refractivity contribution in [2.45, 2.75) is 46.1 Å². The molecule has 1 heterocycles. The second-order valence-electron chi connectivity index (χ2n) is 5.02. The molecule has 0 aliphatic carbocycles. The van der Waals surface area contributed by atoms with Gasteiger partial charge in [0.2, 0.25) is 0 Å². The molecule has 0 unspecified atom stereocenters. The first-order chi connectivity index (χ1) is 6.58. The Hall–Kier alpha value is -0.0800. The van der Waals surface area contributed by atoms with E-state index >= 15 is 0 Å². The Bertz CT molecular complexity index is 160. The van der Waals surface area contributed by atoms with Gasteiger partial charge in [-0.1, -0.05) is 6.92 Å². The molecule has 0 aromatic rings. The molecule has 84 valence electrons. The summed E-state index contributed by atoms with van der Waals surface area (Å²) in [6, 6.07) is 0. The van der Waals surface area contributed by atoms with Crippen molar-refractivity contribution in [1.29, 1.82) is 0 Å². The second-order valence-corrected chi connectivity index (χ2v) is 5.02. The van der Waals surface area contributed by atoms with Gasteiger partial charge in [0, 0.05) is 0 Å². The third-order valence-electron chi connectivity index (χ3n) is 3.52. The Balaban J connectivity index is 2.41. The summed E-state index contributed by atoms with van der Waals surface area (Å²) in [6.07, 6.45) is 4.23. The lowest BCUT2D eigenvalue weighted by molar-refractivity contribution is -0.0234. The molecule has 14 heavy (non-hydrogen) atoms. The molecule has 0 amide bonds.